The van der Waals surface area contributed by atoms with Crippen LogP contribution in [0.3, 0.4) is 0 Å². The Morgan fingerprint density at radius 2 is 0.610 bits per heavy atom. The van der Waals surface area contributed by atoms with E-state index in [4.69, 9.17) is 0 Å². The molecule has 0 amide bonds. The molecule has 0 aliphatic carbocycles. The average molecular weight is 607 g/mol. The predicted molar refractivity (Wildman–Crippen MR) is 178 cm³/mol. The van der Waals surface area contributed by atoms with E-state index in [2.05, 4.69) is 170 Å². The first-order valence-electron chi connectivity index (χ1n) is 13.9. The van der Waals surface area contributed by atoms with Crippen molar-refractivity contribution in [3.8, 4) is 0 Å². The maximum absolute atomic E-state index is 2.28. The second-order valence-electron chi connectivity index (χ2n) is 9.94. The minimum absolute atomic E-state index is 0. The zero-order valence-corrected chi connectivity index (χ0v) is 26.4. The van der Waals surface area contributed by atoms with Crippen LogP contribution in [0.1, 0.15) is 22.3 Å². The van der Waals surface area contributed by atoms with Gasteiger partial charge in [0.2, 0.25) is 0 Å². The molecule has 0 saturated carbocycles. The molecule has 0 nitrogen and oxygen atoms in total. The summed E-state index contributed by atoms with van der Waals surface area (Å²) in [7, 11) is -0.343. The van der Waals surface area contributed by atoms with Gasteiger partial charge < -0.3 is 0 Å². The maximum atomic E-state index is 2.28. The molecule has 0 unspecified atom stereocenters. The Balaban J connectivity index is 0.000000184. The van der Waals surface area contributed by atoms with Crippen molar-refractivity contribution in [3.63, 3.8) is 0 Å². The third-order valence-corrected chi connectivity index (χ3v) is 11.9. The second kappa shape index (κ2) is 17.0. The summed E-state index contributed by atoms with van der Waals surface area (Å²) in [5.74, 6) is 0. The van der Waals surface area contributed by atoms with E-state index in [1.165, 1.54) is 32.9 Å². The molecule has 0 spiro atoms. The summed E-state index contributed by atoms with van der Waals surface area (Å²) in [5, 5.41) is 3.01. The third-order valence-electron chi connectivity index (χ3n) is 6.89. The summed E-state index contributed by atoms with van der Waals surface area (Å²) in [5.41, 5.74) is 5.76. The van der Waals surface area contributed by atoms with Crippen molar-refractivity contribution in [2.24, 2.45) is 0 Å². The molecule has 0 bridgehead atoms. The molecule has 0 aliphatic rings. The quantitative estimate of drug-likeness (QED) is 0.108. The molecular formula is C38H36CrP2. The van der Waals surface area contributed by atoms with E-state index in [-0.39, 0.29) is 33.2 Å². The molecule has 6 aromatic carbocycles. The van der Waals surface area contributed by atoms with Crippen molar-refractivity contribution in [3.05, 3.63) is 192 Å². The van der Waals surface area contributed by atoms with Gasteiger partial charge in [0, 0.05) is 0 Å². The minimum Gasteiger partial charge on any atom is -0.213 e. The average Bonchev–Trinajstić information content (AvgIpc) is 3.75. The van der Waals surface area contributed by atoms with Gasteiger partial charge in [-0.15, -0.1) is 10.6 Å². The molecule has 0 saturated heterocycles. The van der Waals surface area contributed by atoms with E-state index >= 15 is 0 Å². The van der Waals surface area contributed by atoms with Crippen LogP contribution >= 0.6 is 15.8 Å². The number of benzene rings is 4. The van der Waals surface area contributed by atoms with E-state index < -0.39 is 0 Å². The zero-order valence-electron chi connectivity index (χ0n) is 23.3. The third kappa shape index (κ3) is 10.1. The molecule has 3 heteroatoms. The van der Waals surface area contributed by atoms with Crippen LogP contribution in [-0.4, -0.2) is 0 Å². The SMILES string of the molecule is [Cr+2].c1ccc(CP(Cc2ccccc2)c2ccc[cH-]2)cc1.c1ccc(CP(Cc2ccccc2)c2ccc[cH-]2)cc1. The van der Waals surface area contributed by atoms with Gasteiger partial charge in [0.1, 0.15) is 0 Å². The number of hydrogen-bond donors (Lipinski definition) is 0. The Bertz CT molecular complexity index is 1260. The summed E-state index contributed by atoms with van der Waals surface area (Å²) in [6.45, 7) is 0. The van der Waals surface area contributed by atoms with Gasteiger partial charge in [0.05, 0.1) is 0 Å². The van der Waals surface area contributed by atoms with Crippen LogP contribution in [0.2, 0.25) is 0 Å². The van der Waals surface area contributed by atoms with E-state index in [9.17, 15) is 0 Å². The Morgan fingerprint density at radius 3 is 0.829 bits per heavy atom. The van der Waals surface area contributed by atoms with Crippen molar-refractivity contribution in [2.45, 2.75) is 24.6 Å². The fourth-order valence-corrected chi connectivity index (χ4v) is 9.59. The standard InChI is InChI=1S/2C19H18P.Cr/c2*1-3-9-17(10-4-1)15-20(19-13-7-8-14-19)16-18-11-5-2-6-12-18;/h2*1-14H,15-16H2;/q2*-1;+2. The van der Waals surface area contributed by atoms with Gasteiger partial charge in [-0.1, -0.05) is 137 Å². The molecule has 0 N–H and O–H groups in total. The van der Waals surface area contributed by atoms with Crippen molar-refractivity contribution in [2.75, 3.05) is 0 Å². The van der Waals surface area contributed by atoms with Gasteiger partial charge in [-0.3, -0.25) is 0 Å². The molecular weight excluding hydrogens is 570 g/mol. The summed E-state index contributed by atoms with van der Waals surface area (Å²) in [6, 6.07) is 61.1. The Kier molecular flexibility index (Phi) is 12.9. The topological polar surface area (TPSA) is 0 Å². The summed E-state index contributed by atoms with van der Waals surface area (Å²) in [6.07, 6.45) is 4.65. The van der Waals surface area contributed by atoms with Crippen molar-refractivity contribution >= 4 is 26.5 Å². The van der Waals surface area contributed by atoms with Crippen LogP contribution in [0.15, 0.2) is 170 Å². The van der Waals surface area contributed by atoms with Crippen LogP contribution in [0.5, 0.6) is 0 Å². The maximum Gasteiger partial charge on any atom is 2.00 e. The Hall–Kier alpha value is -3.03. The summed E-state index contributed by atoms with van der Waals surface area (Å²) in [4.78, 5) is 0. The van der Waals surface area contributed by atoms with E-state index in [0.29, 0.717) is 0 Å². The number of rotatable bonds is 10. The van der Waals surface area contributed by atoms with Gasteiger partial charge in [0.15, 0.2) is 0 Å². The van der Waals surface area contributed by atoms with Gasteiger partial charge in [0.25, 0.3) is 0 Å². The summed E-state index contributed by atoms with van der Waals surface area (Å²) < 4.78 is 0. The molecule has 0 heterocycles. The zero-order chi connectivity index (χ0) is 27.2. The molecule has 41 heavy (non-hydrogen) atoms. The smallest absolute Gasteiger partial charge is 0.213 e. The molecule has 0 radical (unpaired) electrons. The van der Waals surface area contributed by atoms with Crippen LogP contribution in [0.25, 0.3) is 0 Å². The molecule has 0 fully saturated rings. The normalized spacial score (nSPS) is 10.6. The van der Waals surface area contributed by atoms with Crippen molar-refractivity contribution < 1.29 is 17.4 Å². The van der Waals surface area contributed by atoms with E-state index in [1.54, 1.807) is 0 Å². The van der Waals surface area contributed by atoms with E-state index in [1.807, 2.05) is 0 Å². The van der Waals surface area contributed by atoms with Crippen LogP contribution in [0, 0.1) is 0 Å². The first-order valence-corrected chi connectivity index (χ1v) is 17.3. The van der Waals surface area contributed by atoms with Gasteiger partial charge in [-0.2, -0.15) is 24.3 Å². The van der Waals surface area contributed by atoms with Gasteiger partial charge in [-0.25, -0.2) is 24.3 Å². The van der Waals surface area contributed by atoms with Crippen LogP contribution in [-0.2, 0) is 42.0 Å². The number of hydrogen-bond acceptors (Lipinski definition) is 0. The van der Waals surface area contributed by atoms with Crippen LogP contribution < -0.4 is 10.6 Å². The second-order valence-corrected chi connectivity index (χ2v) is 14.4. The largest absolute Gasteiger partial charge is 2.00 e. The molecule has 6 rings (SSSR count). The monoisotopic (exact) mass is 606 g/mol. The predicted octanol–water partition coefficient (Wildman–Crippen LogP) is 9.82. The fraction of sp³-hybridized carbons (Fsp3) is 0.105. The van der Waals surface area contributed by atoms with Gasteiger partial charge >= 0.3 is 17.4 Å². The molecule has 6 aromatic rings. The Morgan fingerprint density at radius 1 is 0.341 bits per heavy atom. The molecule has 0 atom stereocenters. The minimum atomic E-state index is -0.171. The Labute approximate surface area is 259 Å². The van der Waals surface area contributed by atoms with Crippen molar-refractivity contribution in [1.29, 1.82) is 0 Å². The first-order chi connectivity index (χ1) is 19.8. The molecule has 204 valence electrons. The first kappa shape index (κ1) is 30.9. The fourth-order valence-electron chi connectivity index (χ4n) is 4.84. The molecule has 0 aliphatic heterocycles. The van der Waals surface area contributed by atoms with Crippen LogP contribution in [0.4, 0.5) is 0 Å². The molecule has 0 aromatic heterocycles. The van der Waals surface area contributed by atoms with Gasteiger partial charge in [-0.05, 0) is 46.9 Å². The van der Waals surface area contributed by atoms with E-state index in [0.717, 1.165) is 24.6 Å². The van der Waals surface area contributed by atoms with Crippen molar-refractivity contribution in [1.82, 2.24) is 0 Å². The summed E-state index contributed by atoms with van der Waals surface area (Å²) >= 11 is 0.